The van der Waals surface area contributed by atoms with Crippen LogP contribution in [-0.4, -0.2) is 79.6 Å². The number of carbonyl (C=O) groups is 2. The third-order valence-electron chi connectivity index (χ3n) is 5.87. The maximum atomic E-state index is 13.4. The average molecular weight is 389 g/mol. The van der Waals surface area contributed by atoms with Crippen molar-refractivity contribution in [3.63, 3.8) is 0 Å². The van der Waals surface area contributed by atoms with E-state index in [-0.39, 0.29) is 24.3 Å². The van der Waals surface area contributed by atoms with E-state index in [9.17, 15) is 9.59 Å². The second-order valence-corrected chi connectivity index (χ2v) is 8.00. The molecule has 2 amide bonds. The molecule has 2 heterocycles. The molecule has 0 radical (unpaired) electrons. The maximum Gasteiger partial charge on any atom is 0.258 e. The summed E-state index contributed by atoms with van der Waals surface area (Å²) < 4.78 is 5.56. The number of nitrogens with zero attached hydrogens (tertiary/aromatic N) is 4. The summed E-state index contributed by atoms with van der Waals surface area (Å²) in [5.74, 6) is 0.674. The van der Waals surface area contributed by atoms with E-state index in [1.165, 1.54) is 19.3 Å². The lowest BCUT2D eigenvalue weighted by Crippen LogP contribution is -2.50. The minimum Gasteiger partial charge on any atom is -0.377 e. The van der Waals surface area contributed by atoms with Crippen molar-refractivity contribution < 1.29 is 14.3 Å². The lowest BCUT2D eigenvalue weighted by atomic mass is 9.94. The monoisotopic (exact) mass is 388 g/mol. The molecule has 154 valence electrons. The first-order valence-electron chi connectivity index (χ1n) is 10.3. The molecule has 0 bridgehead atoms. The van der Waals surface area contributed by atoms with Gasteiger partial charge in [0, 0.05) is 46.3 Å². The number of morpholine rings is 1. The molecule has 3 rings (SSSR count). The van der Waals surface area contributed by atoms with Crippen LogP contribution in [0.5, 0.6) is 0 Å². The Morgan fingerprint density at radius 2 is 1.96 bits per heavy atom. The van der Waals surface area contributed by atoms with Gasteiger partial charge in [0.05, 0.1) is 24.8 Å². The predicted molar refractivity (Wildman–Crippen MR) is 108 cm³/mol. The fraction of sp³-hybridized carbons (Fsp3) is 0.667. The number of anilines is 1. The first-order valence-corrected chi connectivity index (χ1v) is 10.3. The first-order chi connectivity index (χ1) is 13.5. The number of carbonyl (C=O) groups excluding carboxylic acids is 2. The van der Waals surface area contributed by atoms with Crippen molar-refractivity contribution in [2.45, 2.75) is 50.6 Å². The number of amides is 2. The summed E-state index contributed by atoms with van der Waals surface area (Å²) in [5, 5.41) is 0. The highest BCUT2D eigenvalue weighted by molar-refractivity contribution is 5.99. The van der Waals surface area contributed by atoms with E-state index in [0.29, 0.717) is 31.4 Å². The van der Waals surface area contributed by atoms with Gasteiger partial charge in [-0.1, -0.05) is 19.3 Å². The van der Waals surface area contributed by atoms with Crippen molar-refractivity contribution >= 4 is 17.6 Å². The van der Waals surface area contributed by atoms with Crippen molar-refractivity contribution in [3.8, 4) is 0 Å². The predicted octanol–water partition coefficient (Wildman–Crippen LogP) is 2.17. The number of hydrogen-bond acceptors (Lipinski definition) is 5. The Hall–Kier alpha value is -2.15. The van der Waals surface area contributed by atoms with Crippen LogP contribution in [0.3, 0.4) is 0 Å². The Morgan fingerprint density at radius 3 is 2.68 bits per heavy atom. The number of rotatable bonds is 5. The molecule has 1 saturated heterocycles. The second kappa shape index (κ2) is 9.37. The third-order valence-corrected chi connectivity index (χ3v) is 5.87. The summed E-state index contributed by atoms with van der Waals surface area (Å²) in [5.41, 5.74) is 0.611. The first kappa shape index (κ1) is 20.6. The zero-order chi connectivity index (χ0) is 20.1. The fourth-order valence-electron chi connectivity index (χ4n) is 4.12. The van der Waals surface area contributed by atoms with E-state index in [2.05, 4.69) is 9.88 Å². The lowest BCUT2D eigenvalue weighted by molar-refractivity contribution is -0.131. The molecule has 28 heavy (non-hydrogen) atoms. The standard InChI is InChI=1S/C21H32N4O3/c1-23(2)19(26)14-17-15-28-13-12-25(17)21(27)18-10-7-11-22-20(18)24(3)16-8-5-4-6-9-16/h7,10-11,16-17H,4-6,8-9,12-15H2,1-3H3/t17-/m0/s1. The SMILES string of the molecule is CN(C)C(=O)C[C@H]1COCCN1C(=O)c1cccnc1N(C)C1CCCCC1. The molecule has 1 atom stereocenters. The summed E-state index contributed by atoms with van der Waals surface area (Å²) in [6, 6.07) is 3.84. The molecule has 1 aromatic rings. The van der Waals surface area contributed by atoms with Gasteiger partial charge in [-0.3, -0.25) is 9.59 Å². The number of ether oxygens (including phenoxy) is 1. The van der Waals surface area contributed by atoms with Crippen LogP contribution in [0.25, 0.3) is 0 Å². The van der Waals surface area contributed by atoms with E-state index in [1.807, 2.05) is 19.2 Å². The molecule has 1 aliphatic carbocycles. The van der Waals surface area contributed by atoms with Crippen LogP contribution >= 0.6 is 0 Å². The summed E-state index contributed by atoms with van der Waals surface area (Å²) in [6.07, 6.45) is 8.03. The minimum absolute atomic E-state index is 0.000895. The topological polar surface area (TPSA) is 66.0 Å². The smallest absolute Gasteiger partial charge is 0.258 e. The lowest BCUT2D eigenvalue weighted by Gasteiger charge is -2.37. The molecule has 1 aliphatic heterocycles. The van der Waals surface area contributed by atoms with Crippen molar-refractivity contribution in [2.75, 3.05) is 45.8 Å². The van der Waals surface area contributed by atoms with Gasteiger partial charge >= 0.3 is 0 Å². The van der Waals surface area contributed by atoms with Crippen LogP contribution in [0.4, 0.5) is 5.82 Å². The van der Waals surface area contributed by atoms with Gasteiger partial charge < -0.3 is 19.4 Å². The van der Waals surface area contributed by atoms with Gasteiger partial charge in [0.1, 0.15) is 5.82 Å². The Kier molecular flexibility index (Phi) is 6.88. The maximum absolute atomic E-state index is 13.4. The number of pyridine rings is 1. The van der Waals surface area contributed by atoms with Crippen LogP contribution in [0.1, 0.15) is 48.9 Å². The van der Waals surface area contributed by atoms with Crippen LogP contribution in [0.15, 0.2) is 18.3 Å². The summed E-state index contributed by atoms with van der Waals surface area (Å²) in [6.45, 7) is 1.37. The fourth-order valence-corrected chi connectivity index (χ4v) is 4.12. The van der Waals surface area contributed by atoms with Gasteiger partial charge in [-0.15, -0.1) is 0 Å². The second-order valence-electron chi connectivity index (χ2n) is 8.00. The van der Waals surface area contributed by atoms with Gasteiger partial charge in [-0.25, -0.2) is 4.98 Å². The van der Waals surface area contributed by atoms with Crippen molar-refractivity contribution in [2.24, 2.45) is 0 Å². The van der Waals surface area contributed by atoms with Gasteiger partial charge in [-0.2, -0.15) is 0 Å². The molecule has 1 saturated carbocycles. The minimum atomic E-state index is -0.246. The van der Waals surface area contributed by atoms with E-state index in [4.69, 9.17) is 4.74 Å². The highest BCUT2D eigenvalue weighted by Gasteiger charge is 2.32. The summed E-state index contributed by atoms with van der Waals surface area (Å²) >= 11 is 0. The Bertz CT molecular complexity index is 688. The molecule has 0 N–H and O–H groups in total. The Morgan fingerprint density at radius 1 is 1.21 bits per heavy atom. The molecule has 0 unspecified atom stereocenters. The molecule has 7 nitrogen and oxygen atoms in total. The average Bonchev–Trinajstić information content (AvgIpc) is 2.73. The van der Waals surface area contributed by atoms with E-state index in [1.54, 1.807) is 30.1 Å². The summed E-state index contributed by atoms with van der Waals surface area (Å²) in [7, 11) is 5.51. The number of aromatic nitrogens is 1. The van der Waals surface area contributed by atoms with Crippen molar-refractivity contribution in [1.29, 1.82) is 0 Å². The van der Waals surface area contributed by atoms with Gasteiger partial charge in [0.25, 0.3) is 5.91 Å². The largest absolute Gasteiger partial charge is 0.377 e. The van der Waals surface area contributed by atoms with Crippen LogP contribution in [0, 0.1) is 0 Å². The molecular formula is C21H32N4O3. The number of hydrogen-bond donors (Lipinski definition) is 0. The third kappa shape index (κ3) is 4.63. The zero-order valence-corrected chi connectivity index (χ0v) is 17.3. The van der Waals surface area contributed by atoms with Crippen LogP contribution in [0.2, 0.25) is 0 Å². The van der Waals surface area contributed by atoms with E-state index >= 15 is 0 Å². The summed E-state index contributed by atoms with van der Waals surface area (Å²) in [4.78, 5) is 35.7. The van der Waals surface area contributed by atoms with Gasteiger partial charge in [0.2, 0.25) is 5.91 Å². The van der Waals surface area contributed by atoms with Gasteiger partial charge in [-0.05, 0) is 25.0 Å². The van der Waals surface area contributed by atoms with E-state index < -0.39 is 0 Å². The Labute approximate surface area is 167 Å². The molecule has 2 aliphatic rings. The molecular weight excluding hydrogens is 356 g/mol. The molecule has 0 aromatic carbocycles. The van der Waals surface area contributed by atoms with Crippen LogP contribution < -0.4 is 4.90 Å². The Balaban J connectivity index is 1.81. The van der Waals surface area contributed by atoms with Gasteiger partial charge in [0.15, 0.2) is 0 Å². The molecule has 2 fully saturated rings. The van der Waals surface area contributed by atoms with Crippen LogP contribution in [-0.2, 0) is 9.53 Å². The zero-order valence-electron chi connectivity index (χ0n) is 17.3. The quantitative estimate of drug-likeness (QED) is 0.773. The molecule has 0 spiro atoms. The van der Waals surface area contributed by atoms with Crippen molar-refractivity contribution in [3.05, 3.63) is 23.9 Å². The van der Waals surface area contributed by atoms with Crippen molar-refractivity contribution in [1.82, 2.24) is 14.8 Å². The highest BCUT2D eigenvalue weighted by atomic mass is 16.5. The normalized spacial score (nSPS) is 20.7. The highest BCUT2D eigenvalue weighted by Crippen LogP contribution is 2.28. The van der Waals surface area contributed by atoms with E-state index in [0.717, 1.165) is 18.7 Å². The molecule has 7 heteroatoms. The molecule has 1 aromatic heterocycles.